The lowest BCUT2D eigenvalue weighted by atomic mass is 10.2. The van der Waals surface area contributed by atoms with Gasteiger partial charge in [-0.15, -0.1) is 5.10 Å². The number of carbonyl (C=O) groups is 1. The molecular weight excluding hydrogens is 226 g/mol. The molecule has 0 saturated carbocycles. The first-order valence-corrected chi connectivity index (χ1v) is 5.44. The highest BCUT2D eigenvalue weighted by molar-refractivity contribution is 7.99. The van der Waals surface area contributed by atoms with Crippen molar-refractivity contribution in [2.75, 3.05) is 5.75 Å². The summed E-state index contributed by atoms with van der Waals surface area (Å²) in [4.78, 5) is 15.6. The van der Waals surface area contributed by atoms with Crippen LogP contribution in [0.4, 0.5) is 0 Å². The van der Waals surface area contributed by atoms with Crippen LogP contribution in [-0.2, 0) is 4.79 Å². The van der Waals surface area contributed by atoms with E-state index in [1.165, 1.54) is 18.7 Å². The lowest BCUT2D eigenvalue weighted by Gasteiger charge is -1.98. The monoisotopic (exact) mass is 237 g/mol. The van der Waals surface area contributed by atoms with Crippen LogP contribution in [0.2, 0.25) is 0 Å². The smallest absolute Gasteiger partial charge is 0.208 e. The van der Waals surface area contributed by atoms with Gasteiger partial charge < -0.3 is 5.73 Å². The number of rotatable bonds is 4. The van der Waals surface area contributed by atoms with E-state index in [0.29, 0.717) is 11.0 Å². The Morgan fingerprint density at radius 1 is 1.69 bits per heavy atom. The molecule has 16 heavy (non-hydrogen) atoms. The molecule has 1 heterocycles. The summed E-state index contributed by atoms with van der Waals surface area (Å²) >= 11 is 1.17. The molecule has 0 spiro atoms. The van der Waals surface area contributed by atoms with Gasteiger partial charge in [0, 0.05) is 5.70 Å². The lowest BCUT2D eigenvalue weighted by Crippen LogP contribution is -2.10. The maximum atomic E-state index is 11.5. The van der Waals surface area contributed by atoms with E-state index in [4.69, 9.17) is 11.0 Å². The highest BCUT2D eigenvalue weighted by atomic mass is 32.2. The number of aromatic nitrogens is 3. The summed E-state index contributed by atoms with van der Waals surface area (Å²) in [6.45, 7) is 3.29. The summed E-state index contributed by atoms with van der Waals surface area (Å²) in [6, 6.07) is 1.79. The van der Waals surface area contributed by atoms with E-state index in [1.807, 2.05) is 0 Å². The van der Waals surface area contributed by atoms with Crippen LogP contribution in [0, 0.1) is 18.3 Å². The minimum Gasteiger partial charge on any atom is -0.401 e. The fraction of sp³-hybridized carbons (Fsp3) is 0.333. The van der Waals surface area contributed by atoms with Gasteiger partial charge in [0.2, 0.25) is 5.16 Å². The zero-order chi connectivity index (χ0) is 12.1. The van der Waals surface area contributed by atoms with Gasteiger partial charge >= 0.3 is 0 Å². The molecule has 0 aliphatic rings. The summed E-state index contributed by atoms with van der Waals surface area (Å²) in [7, 11) is 0. The number of ketones is 1. The minimum atomic E-state index is -0.310. The Morgan fingerprint density at radius 3 is 2.81 bits per heavy atom. The SMILES string of the molecule is C/C(N)=C(/C#N)C(=O)CSc1n[nH]c(C)n1. The molecule has 0 fully saturated rings. The van der Waals surface area contributed by atoms with Crippen LogP contribution in [0.25, 0.3) is 0 Å². The lowest BCUT2D eigenvalue weighted by molar-refractivity contribution is -0.112. The zero-order valence-corrected chi connectivity index (χ0v) is 9.76. The number of H-pyrrole nitrogens is 1. The molecule has 84 valence electrons. The first-order valence-electron chi connectivity index (χ1n) is 4.46. The Hall–Kier alpha value is -1.81. The standard InChI is InChI=1S/C9H11N5OS/c1-5(11)7(3-10)8(15)4-16-9-12-6(2)13-14-9/h4,11H2,1-2H3,(H,12,13,14)/b7-5+. The molecule has 0 saturated heterocycles. The molecule has 0 unspecified atom stereocenters. The van der Waals surface area contributed by atoms with Crippen LogP contribution in [0.1, 0.15) is 12.7 Å². The predicted octanol–water partition coefficient (Wildman–Crippen LogP) is 0.531. The number of hydrogen-bond donors (Lipinski definition) is 2. The molecule has 0 aliphatic heterocycles. The quantitative estimate of drug-likeness (QED) is 0.449. The van der Waals surface area contributed by atoms with Gasteiger partial charge in [0.25, 0.3) is 0 Å². The number of nitrogens with zero attached hydrogens (tertiary/aromatic N) is 3. The topological polar surface area (TPSA) is 108 Å². The van der Waals surface area contributed by atoms with E-state index in [9.17, 15) is 4.79 Å². The van der Waals surface area contributed by atoms with Crippen molar-refractivity contribution in [3.63, 3.8) is 0 Å². The summed E-state index contributed by atoms with van der Waals surface area (Å²) in [5.41, 5.74) is 5.65. The van der Waals surface area contributed by atoms with Gasteiger partial charge in [-0.05, 0) is 13.8 Å². The highest BCUT2D eigenvalue weighted by Crippen LogP contribution is 2.14. The number of nitrogens with two attached hydrogens (primary N) is 1. The molecule has 3 N–H and O–H groups in total. The molecule has 0 amide bonds. The average molecular weight is 237 g/mol. The first kappa shape index (κ1) is 12.3. The Labute approximate surface area is 96.9 Å². The maximum absolute atomic E-state index is 11.5. The zero-order valence-electron chi connectivity index (χ0n) is 8.94. The number of nitriles is 1. The van der Waals surface area contributed by atoms with E-state index in [-0.39, 0.29) is 22.8 Å². The van der Waals surface area contributed by atoms with Gasteiger partial charge in [0.1, 0.15) is 17.5 Å². The molecule has 0 radical (unpaired) electrons. The molecule has 1 rings (SSSR count). The molecule has 1 aromatic rings. The van der Waals surface area contributed by atoms with Crippen molar-refractivity contribution in [1.29, 1.82) is 5.26 Å². The highest BCUT2D eigenvalue weighted by Gasteiger charge is 2.13. The number of thioether (sulfide) groups is 1. The number of carbonyl (C=O) groups excluding carboxylic acids is 1. The number of Topliss-reactive ketones (excluding diaryl/α,β-unsaturated/α-hetero) is 1. The van der Waals surface area contributed by atoms with E-state index in [2.05, 4.69) is 15.2 Å². The third kappa shape index (κ3) is 3.10. The van der Waals surface area contributed by atoms with Crippen LogP contribution < -0.4 is 5.73 Å². The van der Waals surface area contributed by atoms with Crippen LogP contribution in [-0.4, -0.2) is 26.7 Å². The third-order valence-corrected chi connectivity index (χ3v) is 2.54. The molecule has 0 aliphatic carbocycles. The third-order valence-electron chi connectivity index (χ3n) is 1.69. The summed E-state index contributed by atoms with van der Waals surface area (Å²) in [6.07, 6.45) is 0. The van der Waals surface area contributed by atoms with Crippen LogP contribution in [0.3, 0.4) is 0 Å². The van der Waals surface area contributed by atoms with E-state index >= 15 is 0 Å². The molecule has 0 aromatic carbocycles. The van der Waals surface area contributed by atoms with Crippen molar-refractivity contribution < 1.29 is 4.79 Å². The normalized spacial score (nSPS) is 11.8. The molecule has 7 heteroatoms. The summed E-state index contributed by atoms with van der Waals surface area (Å²) in [5.74, 6) is 0.477. The average Bonchev–Trinajstić information content (AvgIpc) is 2.62. The van der Waals surface area contributed by atoms with Crippen LogP contribution in [0.5, 0.6) is 0 Å². The number of nitrogens with one attached hydrogen (secondary N) is 1. The Kier molecular flexibility index (Phi) is 4.08. The van der Waals surface area contributed by atoms with Gasteiger partial charge in [0.05, 0.1) is 5.75 Å². The number of aryl methyl sites for hydroxylation is 1. The van der Waals surface area contributed by atoms with E-state index in [0.717, 1.165) is 0 Å². The predicted molar refractivity (Wildman–Crippen MR) is 59.4 cm³/mol. The van der Waals surface area contributed by atoms with E-state index < -0.39 is 0 Å². The number of aromatic amines is 1. The van der Waals surface area contributed by atoms with Gasteiger partial charge in [-0.3, -0.25) is 9.89 Å². The van der Waals surface area contributed by atoms with Gasteiger partial charge in [0.15, 0.2) is 5.78 Å². The van der Waals surface area contributed by atoms with Crippen LogP contribution >= 0.6 is 11.8 Å². The van der Waals surface area contributed by atoms with E-state index in [1.54, 1.807) is 13.0 Å². The number of allylic oxidation sites excluding steroid dienone is 2. The second kappa shape index (κ2) is 5.32. The second-order valence-corrected chi connectivity index (χ2v) is 4.03. The largest absolute Gasteiger partial charge is 0.401 e. The van der Waals surface area contributed by atoms with Crippen molar-refractivity contribution in [2.24, 2.45) is 5.73 Å². The van der Waals surface area contributed by atoms with Crippen molar-refractivity contribution in [1.82, 2.24) is 15.2 Å². The molecule has 1 aromatic heterocycles. The van der Waals surface area contributed by atoms with Crippen molar-refractivity contribution >= 4 is 17.5 Å². The van der Waals surface area contributed by atoms with Gasteiger partial charge in [-0.1, -0.05) is 11.8 Å². The molecule has 0 bridgehead atoms. The number of hydrogen-bond acceptors (Lipinski definition) is 6. The molecular formula is C9H11N5OS. The van der Waals surface area contributed by atoms with Crippen molar-refractivity contribution in [2.45, 2.75) is 19.0 Å². The minimum absolute atomic E-state index is 0.000224. The fourth-order valence-electron chi connectivity index (χ4n) is 0.959. The van der Waals surface area contributed by atoms with Gasteiger partial charge in [-0.25, -0.2) is 4.98 Å². The van der Waals surface area contributed by atoms with Crippen molar-refractivity contribution in [3.8, 4) is 6.07 Å². The summed E-state index contributed by atoms with van der Waals surface area (Å²) in [5, 5.41) is 15.7. The van der Waals surface area contributed by atoms with Crippen LogP contribution in [0.15, 0.2) is 16.4 Å². The van der Waals surface area contributed by atoms with Crippen molar-refractivity contribution in [3.05, 3.63) is 17.1 Å². The molecule has 0 atom stereocenters. The fourth-order valence-corrected chi connectivity index (χ4v) is 1.68. The Balaban J connectivity index is 2.61. The first-order chi connectivity index (χ1) is 7.54. The molecule has 6 nitrogen and oxygen atoms in total. The summed E-state index contributed by atoms with van der Waals surface area (Å²) < 4.78 is 0. The Bertz CT molecular complexity index is 466. The second-order valence-electron chi connectivity index (χ2n) is 3.09. The van der Waals surface area contributed by atoms with Gasteiger partial charge in [-0.2, -0.15) is 5.26 Å². The Morgan fingerprint density at radius 2 is 2.38 bits per heavy atom. The maximum Gasteiger partial charge on any atom is 0.208 e.